The number of nitrogens with one attached hydrogen (secondary N) is 1. The van der Waals surface area contributed by atoms with E-state index in [1.807, 2.05) is 24.3 Å². The Morgan fingerprint density at radius 1 is 1.14 bits per heavy atom. The Morgan fingerprint density at radius 2 is 1.86 bits per heavy atom. The third-order valence-electron chi connectivity index (χ3n) is 3.05. The van der Waals surface area contributed by atoms with Crippen molar-refractivity contribution in [3.8, 4) is 11.5 Å². The Kier molecular flexibility index (Phi) is 5.65. The summed E-state index contributed by atoms with van der Waals surface area (Å²) >= 11 is 0. The average Bonchev–Trinajstić information content (AvgIpc) is 2.54. The molecule has 22 heavy (non-hydrogen) atoms. The van der Waals surface area contributed by atoms with Crippen molar-refractivity contribution in [2.45, 2.75) is 12.8 Å². The molecule has 0 saturated carbocycles. The standard InChI is InChI=1S/C17H20N2O3/c1-21-15-4-2-5-16(12-15)22-11-3-6-17(20)19-14-9-7-13(18)8-10-14/h2,4-5,7-10,12H,3,6,11,18H2,1H3,(H,19,20). The zero-order chi connectivity index (χ0) is 15.8. The highest BCUT2D eigenvalue weighted by atomic mass is 16.5. The molecule has 0 aliphatic carbocycles. The fourth-order valence-corrected chi connectivity index (χ4v) is 1.90. The molecule has 0 fully saturated rings. The number of hydrogen-bond donors (Lipinski definition) is 2. The van der Waals surface area contributed by atoms with Gasteiger partial charge in [0.2, 0.25) is 5.91 Å². The number of anilines is 2. The average molecular weight is 300 g/mol. The summed E-state index contributed by atoms with van der Waals surface area (Å²) in [6.07, 6.45) is 1.03. The Bertz CT molecular complexity index is 612. The van der Waals surface area contributed by atoms with Crippen LogP contribution in [0, 0.1) is 0 Å². The van der Waals surface area contributed by atoms with Gasteiger partial charge in [-0.1, -0.05) is 6.07 Å². The van der Waals surface area contributed by atoms with Gasteiger partial charge >= 0.3 is 0 Å². The van der Waals surface area contributed by atoms with Crippen LogP contribution in [0.4, 0.5) is 11.4 Å². The molecule has 0 saturated heterocycles. The van der Waals surface area contributed by atoms with Gasteiger partial charge in [0.15, 0.2) is 0 Å². The lowest BCUT2D eigenvalue weighted by molar-refractivity contribution is -0.116. The maximum Gasteiger partial charge on any atom is 0.224 e. The highest BCUT2D eigenvalue weighted by Gasteiger charge is 2.03. The number of methoxy groups -OCH3 is 1. The maximum absolute atomic E-state index is 11.8. The van der Waals surface area contributed by atoms with Crippen LogP contribution in [-0.4, -0.2) is 19.6 Å². The molecular formula is C17H20N2O3. The molecule has 0 heterocycles. The van der Waals surface area contributed by atoms with Gasteiger partial charge < -0.3 is 20.5 Å². The molecule has 2 rings (SSSR count). The van der Waals surface area contributed by atoms with E-state index in [9.17, 15) is 4.79 Å². The minimum atomic E-state index is -0.0426. The molecular weight excluding hydrogens is 280 g/mol. The summed E-state index contributed by atoms with van der Waals surface area (Å²) in [6, 6.07) is 14.4. The zero-order valence-electron chi connectivity index (χ0n) is 12.5. The number of amides is 1. The van der Waals surface area contributed by atoms with Crippen LogP contribution < -0.4 is 20.5 Å². The lowest BCUT2D eigenvalue weighted by atomic mass is 10.2. The second-order valence-corrected chi connectivity index (χ2v) is 4.80. The van der Waals surface area contributed by atoms with Gasteiger partial charge in [-0.3, -0.25) is 4.79 Å². The monoisotopic (exact) mass is 300 g/mol. The molecule has 116 valence electrons. The molecule has 5 nitrogen and oxygen atoms in total. The van der Waals surface area contributed by atoms with E-state index in [-0.39, 0.29) is 5.91 Å². The molecule has 0 aromatic heterocycles. The van der Waals surface area contributed by atoms with E-state index in [0.29, 0.717) is 25.1 Å². The van der Waals surface area contributed by atoms with Crippen LogP contribution in [0.1, 0.15) is 12.8 Å². The molecule has 0 atom stereocenters. The van der Waals surface area contributed by atoms with Crippen LogP contribution in [0.15, 0.2) is 48.5 Å². The van der Waals surface area contributed by atoms with Crippen LogP contribution in [0.3, 0.4) is 0 Å². The number of nitrogens with two attached hydrogens (primary N) is 1. The number of ether oxygens (including phenoxy) is 2. The second-order valence-electron chi connectivity index (χ2n) is 4.80. The third kappa shape index (κ3) is 5.01. The van der Waals surface area contributed by atoms with Crippen molar-refractivity contribution < 1.29 is 14.3 Å². The molecule has 0 aliphatic rings. The Hall–Kier alpha value is -2.69. The van der Waals surface area contributed by atoms with Gasteiger partial charge in [0.05, 0.1) is 13.7 Å². The Balaban J connectivity index is 1.69. The summed E-state index contributed by atoms with van der Waals surface area (Å²) in [5.41, 5.74) is 7.01. The first kappa shape index (κ1) is 15.7. The lowest BCUT2D eigenvalue weighted by Gasteiger charge is -2.08. The molecule has 5 heteroatoms. The summed E-state index contributed by atoms with van der Waals surface area (Å²) < 4.78 is 10.7. The van der Waals surface area contributed by atoms with Gasteiger partial charge in [0.25, 0.3) is 0 Å². The topological polar surface area (TPSA) is 73.6 Å². The zero-order valence-corrected chi connectivity index (χ0v) is 12.5. The van der Waals surface area contributed by atoms with Crippen molar-refractivity contribution >= 4 is 17.3 Å². The molecule has 0 bridgehead atoms. The normalized spacial score (nSPS) is 10.0. The van der Waals surface area contributed by atoms with Crippen LogP contribution in [0.2, 0.25) is 0 Å². The minimum absolute atomic E-state index is 0.0426. The van der Waals surface area contributed by atoms with Gasteiger partial charge in [-0.2, -0.15) is 0 Å². The van der Waals surface area contributed by atoms with Crippen molar-refractivity contribution in [3.05, 3.63) is 48.5 Å². The SMILES string of the molecule is COc1cccc(OCCCC(=O)Nc2ccc(N)cc2)c1. The molecule has 2 aromatic rings. The molecule has 1 amide bonds. The van der Waals surface area contributed by atoms with Crippen molar-refractivity contribution in [2.75, 3.05) is 24.8 Å². The maximum atomic E-state index is 11.8. The Labute approximate surface area is 130 Å². The van der Waals surface area contributed by atoms with E-state index in [0.717, 1.165) is 17.2 Å². The quantitative estimate of drug-likeness (QED) is 0.609. The van der Waals surface area contributed by atoms with E-state index in [2.05, 4.69) is 5.32 Å². The van der Waals surface area contributed by atoms with Crippen LogP contribution >= 0.6 is 0 Å². The van der Waals surface area contributed by atoms with Gasteiger partial charge in [-0.15, -0.1) is 0 Å². The minimum Gasteiger partial charge on any atom is -0.497 e. The van der Waals surface area contributed by atoms with Gasteiger partial charge in [0.1, 0.15) is 11.5 Å². The van der Waals surface area contributed by atoms with E-state index in [4.69, 9.17) is 15.2 Å². The fraction of sp³-hybridized carbons (Fsp3) is 0.235. The lowest BCUT2D eigenvalue weighted by Crippen LogP contribution is -2.12. The first-order valence-corrected chi connectivity index (χ1v) is 7.09. The number of carbonyl (C=O) groups excluding carboxylic acids is 1. The van der Waals surface area contributed by atoms with Crippen molar-refractivity contribution in [1.82, 2.24) is 0 Å². The summed E-state index contributed by atoms with van der Waals surface area (Å²) in [5, 5.41) is 2.82. The number of hydrogen-bond acceptors (Lipinski definition) is 4. The molecule has 0 radical (unpaired) electrons. The van der Waals surface area contributed by atoms with Crippen LogP contribution in [-0.2, 0) is 4.79 Å². The Morgan fingerprint density at radius 3 is 2.59 bits per heavy atom. The van der Waals surface area contributed by atoms with Gasteiger partial charge in [-0.05, 0) is 42.8 Å². The largest absolute Gasteiger partial charge is 0.497 e. The van der Waals surface area contributed by atoms with E-state index < -0.39 is 0 Å². The van der Waals surface area contributed by atoms with Crippen molar-refractivity contribution in [2.24, 2.45) is 0 Å². The number of nitrogen functional groups attached to an aromatic ring is 1. The number of benzene rings is 2. The smallest absolute Gasteiger partial charge is 0.224 e. The predicted molar refractivity (Wildman–Crippen MR) is 87.2 cm³/mol. The third-order valence-corrected chi connectivity index (χ3v) is 3.05. The predicted octanol–water partition coefficient (Wildman–Crippen LogP) is 3.08. The first-order valence-electron chi connectivity index (χ1n) is 7.09. The second kappa shape index (κ2) is 7.93. The summed E-state index contributed by atoms with van der Waals surface area (Å²) in [4.78, 5) is 11.8. The highest BCUT2D eigenvalue weighted by Crippen LogP contribution is 2.19. The number of rotatable bonds is 7. The first-order chi connectivity index (χ1) is 10.7. The summed E-state index contributed by atoms with van der Waals surface area (Å²) in [7, 11) is 1.61. The fourth-order valence-electron chi connectivity index (χ4n) is 1.90. The van der Waals surface area contributed by atoms with Crippen LogP contribution in [0.25, 0.3) is 0 Å². The van der Waals surface area contributed by atoms with Crippen molar-refractivity contribution in [3.63, 3.8) is 0 Å². The summed E-state index contributed by atoms with van der Waals surface area (Å²) in [6.45, 7) is 0.475. The van der Waals surface area contributed by atoms with Crippen LogP contribution in [0.5, 0.6) is 11.5 Å². The number of carbonyl (C=O) groups is 1. The molecule has 3 N–H and O–H groups in total. The molecule has 2 aromatic carbocycles. The summed E-state index contributed by atoms with van der Waals surface area (Å²) in [5.74, 6) is 1.44. The highest BCUT2D eigenvalue weighted by molar-refractivity contribution is 5.90. The molecule has 0 aliphatic heterocycles. The van der Waals surface area contributed by atoms with E-state index >= 15 is 0 Å². The van der Waals surface area contributed by atoms with Gasteiger partial charge in [0, 0.05) is 23.9 Å². The molecule has 0 spiro atoms. The van der Waals surface area contributed by atoms with E-state index in [1.165, 1.54) is 0 Å². The van der Waals surface area contributed by atoms with Crippen molar-refractivity contribution in [1.29, 1.82) is 0 Å². The molecule has 0 unspecified atom stereocenters. The van der Waals surface area contributed by atoms with Gasteiger partial charge in [-0.25, -0.2) is 0 Å². The van der Waals surface area contributed by atoms with E-state index in [1.54, 1.807) is 31.4 Å².